The molecule has 7 nitrogen and oxygen atoms in total. The molecule has 0 saturated carbocycles. The largest absolute Gasteiger partial charge is 0.389 e. The van der Waals surface area contributed by atoms with E-state index < -0.39 is 18.0 Å². The SMILES string of the molecule is O=C(C[C@@H]1CC[C@@H]2[C@H](COC[C@H](O)CN2C(=O)c2ccc(F)cc2)O1)NCc1cccc(F)c1. The maximum atomic E-state index is 13.3. The van der Waals surface area contributed by atoms with E-state index in [9.17, 15) is 23.5 Å². The third-order valence-corrected chi connectivity index (χ3v) is 6.12. The Morgan fingerprint density at radius 2 is 1.85 bits per heavy atom. The first-order valence-corrected chi connectivity index (χ1v) is 11.4. The second-order valence-corrected chi connectivity index (χ2v) is 8.71. The van der Waals surface area contributed by atoms with Gasteiger partial charge in [0.1, 0.15) is 17.7 Å². The minimum atomic E-state index is -0.850. The number of halogens is 2. The van der Waals surface area contributed by atoms with Gasteiger partial charge in [-0.05, 0) is 54.8 Å². The van der Waals surface area contributed by atoms with Crippen LogP contribution in [0.25, 0.3) is 0 Å². The molecule has 4 rings (SSSR count). The first-order valence-electron chi connectivity index (χ1n) is 11.4. The molecule has 0 spiro atoms. The van der Waals surface area contributed by atoms with Crippen molar-refractivity contribution in [2.24, 2.45) is 0 Å². The number of fused-ring (bicyclic) bond motifs is 1. The van der Waals surface area contributed by atoms with Gasteiger partial charge in [-0.2, -0.15) is 0 Å². The molecule has 2 aliphatic rings. The van der Waals surface area contributed by atoms with Crippen LogP contribution in [0.5, 0.6) is 0 Å². The smallest absolute Gasteiger partial charge is 0.254 e. The molecule has 2 aromatic rings. The van der Waals surface area contributed by atoms with Crippen molar-refractivity contribution in [1.29, 1.82) is 0 Å². The number of carbonyl (C=O) groups is 2. The van der Waals surface area contributed by atoms with E-state index >= 15 is 0 Å². The quantitative estimate of drug-likeness (QED) is 0.695. The van der Waals surface area contributed by atoms with Gasteiger partial charge in [0.2, 0.25) is 5.91 Å². The number of hydrogen-bond donors (Lipinski definition) is 2. The Balaban J connectivity index is 1.38. The van der Waals surface area contributed by atoms with E-state index in [4.69, 9.17) is 9.47 Å². The Kier molecular flexibility index (Phi) is 7.87. The van der Waals surface area contributed by atoms with E-state index in [1.807, 2.05) is 0 Å². The predicted octanol–water partition coefficient (Wildman–Crippen LogP) is 2.42. The number of ether oxygens (including phenoxy) is 2. The zero-order valence-electron chi connectivity index (χ0n) is 18.7. The van der Waals surface area contributed by atoms with E-state index in [2.05, 4.69) is 5.32 Å². The zero-order chi connectivity index (χ0) is 24.1. The molecule has 0 bridgehead atoms. The molecule has 182 valence electrons. The van der Waals surface area contributed by atoms with Crippen molar-refractivity contribution in [3.63, 3.8) is 0 Å². The van der Waals surface area contributed by atoms with Crippen LogP contribution in [0.3, 0.4) is 0 Å². The van der Waals surface area contributed by atoms with Crippen LogP contribution < -0.4 is 5.32 Å². The van der Waals surface area contributed by atoms with Gasteiger partial charge in [0.05, 0.1) is 37.9 Å². The molecule has 2 heterocycles. The highest BCUT2D eigenvalue weighted by molar-refractivity contribution is 5.94. The van der Waals surface area contributed by atoms with E-state index in [-0.39, 0.29) is 62.5 Å². The Morgan fingerprint density at radius 3 is 2.62 bits per heavy atom. The first kappa shape index (κ1) is 24.3. The predicted molar refractivity (Wildman–Crippen MR) is 119 cm³/mol. The lowest BCUT2D eigenvalue weighted by Gasteiger charge is -2.44. The molecule has 2 saturated heterocycles. The average molecular weight is 475 g/mol. The number of hydrogen-bond acceptors (Lipinski definition) is 5. The fraction of sp³-hybridized carbons (Fsp3) is 0.440. The third-order valence-electron chi connectivity index (χ3n) is 6.12. The average Bonchev–Trinajstić information content (AvgIpc) is 2.81. The van der Waals surface area contributed by atoms with E-state index in [0.717, 1.165) is 0 Å². The maximum Gasteiger partial charge on any atom is 0.254 e. The van der Waals surface area contributed by atoms with Crippen molar-refractivity contribution < 1.29 is 33.0 Å². The van der Waals surface area contributed by atoms with Crippen LogP contribution in [0.2, 0.25) is 0 Å². The summed E-state index contributed by atoms with van der Waals surface area (Å²) in [5.41, 5.74) is 0.993. The summed E-state index contributed by atoms with van der Waals surface area (Å²) in [6.45, 7) is 0.519. The topological polar surface area (TPSA) is 88.1 Å². The molecule has 2 amide bonds. The number of aliphatic hydroxyl groups is 1. The van der Waals surface area contributed by atoms with E-state index in [0.29, 0.717) is 24.0 Å². The first-order chi connectivity index (χ1) is 16.4. The highest BCUT2D eigenvalue weighted by atomic mass is 19.1. The molecule has 9 heteroatoms. The van der Waals surface area contributed by atoms with Crippen LogP contribution in [0.4, 0.5) is 8.78 Å². The van der Waals surface area contributed by atoms with Gasteiger partial charge in [0, 0.05) is 18.7 Å². The molecule has 0 unspecified atom stereocenters. The molecule has 2 N–H and O–H groups in total. The third kappa shape index (κ3) is 6.16. The van der Waals surface area contributed by atoms with Crippen LogP contribution >= 0.6 is 0 Å². The minimum Gasteiger partial charge on any atom is -0.389 e. The van der Waals surface area contributed by atoms with Crippen molar-refractivity contribution in [2.75, 3.05) is 19.8 Å². The van der Waals surface area contributed by atoms with Gasteiger partial charge in [0.25, 0.3) is 5.91 Å². The van der Waals surface area contributed by atoms with E-state index in [1.165, 1.54) is 36.4 Å². The highest BCUT2D eigenvalue weighted by Gasteiger charge is 2.40. The molecule has 4 atom stereocenters. The van der Waals surface area contributed by atoms with Crippen molar-refractivity contribution >= 4 is 11.8 Å². The van der Waals surface area contributed by atoms with Gasteiger partial charge in [-0.15, -0.1) is 0 Å². The summed E-state index contributed by atoms with van der Waals surface area (Å²) in [5, 5.41) is 13.0. The Labute approximate surface area is 196 Å². The molecule has 2 aliphatic heterocycles. The Hall–Kier alpha value is -2.88. The second-order valence-electron chi connectivity index (χ2n) is 8.71. The molecule has 34 heavy (non-hydrogen) atoms. The van der Waals surface area contributed by atoms with Gasteiger partial charge in [-0.3, -0.25) is 9.59 Å². The lowest BCUT2D eigenvalue weighted by molar-refractivity contribution is -0.151. The summed E-state index contributed by atoms with van der Waals surface area (Å²) in [7, 11) is 0. The number of aliphatic hydroxyl groups excluding tert-OH is 1. The van der Waals surface area contributed by atoms with Gasteiger partial charge >= 0.3 is 0 Å². The Morgan fingerprint density at radius 1 is 1.06 bits per heavy atom. The maximum absolute atomic E-state index is 13.3. The summed E-state index contributed by atoms with van der Waals surface area (Å²) < 4.78 is 38.4. The molecular formula is C25H28F2N2O5. The lowest BCUT2D eigenvalue weighted by Crippen LogP contribution is -2.57. The van der Waals surface area contributed by atoms with Gasteiger partial charge in [-0.25, -0.2) is 8.78 Å². The molecular weight excluding hydrogens is 446 g/mol. The number of rotatable bonds is 5. The summed E-state index contributed by atoms with van der Waals surface area (Å²) in [6, 6.07) is 11.0. The highest BCUT2D eigenvalue weighted by Crippen LogP contribution is 2.29. The number of amides is 2. The number of carbonyl (C=O) groups excluding carboxylic acids is 2. The Bertz CT molecular complexity index is 1000. The minimum absolute atomic E-state index is 0.0541. The van der Waals surface area contributed by atoms with Crippen LogP contribution in [-0.4, -0.2) is 65.9 Å². The van der Waals surface area contributed by atoms with Crippen LogP contribution in [-0.2, 0) is 20.8 Å². The summed E-state index contributed by atoms with van der Waals surface area (Å²) in [5.74, 6) is -1.32. The lowest BCUT2D eigenvalue weighted by atomic mass is 9.94. The number of nitrogens with zero attached hydrogens (tertiary/aromatic N) is 1. The van der Waals surface area contributed by atoms with Crippen LogP contribution in [0.1, 0.15) is 35.2 Å². The standard InChI is InChI=1S/C25H28F2N2O5/c26-18-6-4-17(5-7-18)25(32)29-13-20(30)14-33-15-23-22(29)9-8-21(34-23)11-24(31)28-12-16-2-1-3-19(27)10-16/h1-7,10,20-23,30H,8-9,11-15H2,(H,28,31)/t20-,21+,22-,23+/m1/s1. The van der Waals surface area contributed by atoms with Crippen molar-refractivity contribution in [2.45, 2.75) is 50.2 Å². The van der Waals surface area contributed by atoms with Crippen molar-refractivity contribution in [1.82, 2.24) is 10.2 Å². The molecule has 0 radical (unpaired) electrons. The molecule has 2 aromatic carbocycles. The molecule has 0 aliphatic carbocycles. The van der Waals surface area contributed by atoms with Gasteiger partial charge in [0.15, 0.2) is 0 Å². The zero-order valence-corrected chi connectivity index (χ0v) is 18.7. The number of β-amino-alcohol motifs (C(OH)–C–C–N with tert-alkyl or cyclic N) is 1. The summed E-state index contributed by atoms with van der Waals surface area (Å²) >= 11 is 0. The summed E-state index contributed by atoms with van der Waals surface area (Å²) in [4.78, 5) is 27.2. The van der Waals surface area contributed by atoms with Crippen molar-refractivity contribution in [3.05, 3.63) is 71.3 Å². The molecule has 2 fully saturated rings. The monoisotopic (exact) mass is 474 g/mol. The number of nitrogens with one attached hydrogen (secondary N) is 1. The van der Waals surface area contributed by atoms with Crippen LogP contribution in [0, 0.1) is 11.6 Å². The van der Waals surface area contributed by atoms with Crippen LogP contribution in [0.15, 0.2) is 48.5 Å². The molecule has 0 aromatic heterocycles. The summed E-state index contributed by atoms with van der Waals surface area (Å²) in [6.07, 6.45) is -0.437. The van der Waals surface area contributed by atoms with Gasteiger partial charge < -0.3 is 24.8 Å². The normalized spacial score (nSPS) is 25.1. The second kappa shape index (κ2) is 11.0. The van der Waals surface area contributed by atoms with Gasteiger partial charge in [-0.1, -0.05) is 12.1 Å². The fourth-order valence-electron chi connectivity index (χ4n) is 4.46. The number of benzene rings is 2. The van der Waals surface area contributed by atoms with E-state index in [1.54, 1.807) is 17.0 Å². The van der Waals surface area contributed by atoms with Crippen molar-refractivity contribution in [3.8, 4) is 0 Å². The fourth-order valence-corrected chi connectivity index (χ4v) is 4.46.